The molecule has 3 heteroatoms. The maximum Gasteiger partial charge on any atom is 0.122 e. The molecule has 0 aliphatic carbocycles. The fourth-order valence-corrected chi connectivity index (χ4v) is 2.74. The average molecular weight is 292 g/mol. The molecule has 0 aromatic heterocycles. The van der Waals surface area contributed by atoms with Crippen LogP contribution in [-0.4, -0.2) is 12.4 Å². The highest BCUT2D eigenvalue weighted by atomic mass is 79.9. The molecular weight excluding hydrogens is 275 g/mol. The maximum absolute atomic E-state index is 6.01. The zero-order chi connectivity index (χ0) is 11.5. The van der Waals surface area contributed by atoms with Crippen LogP contribution in [0.15, 0.2) is 18.2 Å². The van der Waals surface area contributed by atoms with Crippen LogP contribution in [-0.2, 0) is 5.41 Å². The first kappa shape index (κ1) is 12.9. The molecule has 15 heavy (non-hydrogen) atoms. The normalized spacial score (nSPS) is 11.5. The van der Waals surface area contributed by atoms with Crippen LogP contribution in [0.25, 0.3) is 0 Å². The molecule has 0 saturated heterocycles. The summed E-state index contributed by atoms with van der Waals surface area (Å²) in [5.41, 5.74) is 1.23. The van der Waals surface area contributed by atoms with Crippen LogP contribution >= 0.6 is 27.5 Å². The average Bonchev–Trinajstić information content (AvgIpc) is 2.17. The van der Waals surface area contributed by atoms with Crippen molar-refractivity contribution in [3.8, 4) is 5.75 Å². The summed E-state index contributed by atoms with van der Waals surface area (Å²) < 4.78 is 5.36. The Labute approximate surface area is 105 Å². The lowest BCUT2D eigenvalue weighted by Gasteiger charge is -2.26. The van der Waals surface area contributed by atoms with Gasteiger partial charge in [0.1, 0.15) is 5.75 Å². The van der Waals surface area contributed by atoms with Gasteiger partial charge < -0.3 is 4.74 Å². The molecule has 0 aliphatic heterocycles. The quantitative estimate of drug-likeness (QED) is 0.747. The second kappa shape index (κ2) is 5.22. The molecule has 1 rings (SSSR count). The first-order valence-electron chi connectivity index (χ1n) is 4.91. The van der Waals surface area contributed by atoms with Gasteiger partial charge in [-0.05, 0) is 30.0 Å². The molecule has 0 aliphatic rings. The van der Waals surface area contributed by atoms with Crippen molar-refractivity contribution < 1.29 is 4.74 Å². The SMILES string of the molecule is COc1ccc(Cl)cc1C(C)(C)CCBr. The van der Waals surface area contributed by atoms with Crippen molar-refractivity contribution >= 4 is 27.5 Å². The monoisotopic (exact) mass is 290 g/mol. The van der Waals surface area contributed by atoms with Gasteiger partial charge in [0.2, 0.25) is 0 Å². The van der Waals surface area contributed by atoms with E-state index in [0.717, 1.165) is 28.1 Å². The van der Waals surface area contributed by atoms with Crippen molar-refractivity contribution in [1.82, 2.24) is 0 Å². The van der Waals surface area contributed by atoms with Gasteiger partial charge in [-0.25, -0.2) is 0 Å². The van der Waals surface area contributed by atoms with E-state index in [1.807, 2.05) is 18.2 Å². The summed E-state index contributed by atoms with van der Waals surface area (Å²) in [6.07, 6.45) is 1.05. The molecule has 0 amide bonds. The predicted molar refractivity (Wildman–Crippen MR) is 69.4 cm³/mol. The summed E-state index contributed by atoms with van der Waals surface area (Å²) in [7, 11) is 1.69. The molecule has 0 unspecified atom stereocenters. The molecule has 84 valence electrons. The standard InChI is InChI=1S/C12H16BrClO/c1-12(2,6-7-13)10-8-9(14)4-5-11(10)15-3/h4-5,8H,6-7H2,1-3H3. The molecule has 0 saturated carbocycles. The third-order valence-electron chi connectivity index (χ3n) is 2.61. The fraction of sp³-hybridized carbons (Fsp3) is 0.500. The van der Waals surface area contributed by atoms with E-state index >= 15 is 0 Å². The molecule has 0 atom stereocenters. The Hall–Kier alpha value is -0.210. The Bertz CT molecular complexity index is 336. The Morgan fingerprint density at radius 1 is 1.40 bits per heavy atom. The van der Waals surface area contributed by atoms with E-state index in [4.69, 9.17) is 16.3 Å². The van der Waals surface area contributed by atoms with E-state index in [2.05, 4.69) is 29.8 Å². The number of rotatable bonds is 4. The maximum atomic E-state index is 6.01. The van der Waals surface area contributed by atoms with Gasteiger partial charge in [-0.2, -0.15) is 0 Å². The Balaban J connectivity index is 3.15. The molecule has 0 bridgehead atoms. The number of benzene rings is 1. The predicted octanol–water partition coefficient (Wildman–Crippen LogP) is 4.41. The van der Waals surface area contributed by atoms with Crippen molar-refractivity contribution in [2.45, 2.75) is 25.7 Å². The highest BCUT2D eigenvalue weighted by molar-refractivity contribution is 9.09. The summed E-state index contributed by atoms with van der Waals surface area (Å²) >= 11 is 9.49. The molecule has 1 aromatic carbocycles. The number of alkyl halides is 1. The summed E-state index contributed by atoms with van der Waals surface area (Å²) in [6.45, 7) is 4.39. The highest BCUT2D eigenvalue weighted by Crippen LogP contribution is 2.36. The van der Waals surface area contributed by atoms with E-state index in [9.17, 15) is 0 Å². The first-order valence-corrected chi connectivity index (χ1v) is 6.41. The van der Waals surface area contributed by atoms with Crippen molar-refractivity contribution in [2.24, 2.45) is 0 Å². The van der Waals surface area contributed by atoms with Crippen molar-refractivity contribution in [1.29, 1.82) is 0 Å². The molecule has 1 aromatic rings. The minimum atomic E-state index is 0.0692. The van der Waals surface area contributed by atoms with Crippen LogP contribution in [0.3, 0.4) is 0 Å². The molecule has 1 nitrogen and oxygen atoms in total. The van der Waals surface area contributed by atoms with E-state index in [0.29, 0.717) is 0 Å². The van der Waals surface area contributed by atoms with Gasteiger partial charge in [0, 0.05) is 15.9 Å². The summed E-state index contributed by atoms with van der Waals surface area (Å²) in [4.78, 5) is 0. The Kier molecular flexibility index (Phi) is 4.47. The largest absolute Gasteiger partial charge is 0.496 e. The van der Waals surface area contributed by atoms with E-state index in [-0.39, 0.29) is 5.41 Å². The van der Waals surface area contributed by atoms with Crippen molar-refractivity contribution in [2.75, 3.05) is 12.4 Å². The topological polar surface area (TPSA) is 9.23 Å². The second-order valence-electron chi connectivity index (χ2n) is 4.17. The number of hydrogen-bond acceptors (Lipinski definition) is 1. The summed E-state index contributed by atoms with van der Waals surface area (Å²) in [5.74, 6) is 0.908. The minimum absolute atomic E-state index is 0.0692. The summed E-state index contributed by atoms with van der Waals surface area (Å²) in [6, 6.07) is 5.77. The van der Waals surface area contributed by atoms with Gasteiger partial charge in [0.25, 0.3) is 0 Å². The molecule has 0 spiro atoms. The lowest BCUT2D eigenvalue weighted by Crippen LogP contribution is -2.18. The number of ether oxygens (including phenoxy) is 1. The van der Waals surface area contributed by atoms with Crippen LogP contribution in [0.2, 0.25) is 5.02 Å². The van der Waals surface area contributed by atoms with E-state index in [1.165, 1.54) is 0 Å². The molecule has 0 heterocycles. The molecule has 0 fully saturated rings. The van der Waals surface area contributed by atoms with Gasteiger partial charge in [0.15, 0.2) is 0 Å². The van der Waals surface area contributed by atoms with Crippen molar-refractivity contribution in [3.63, 3.8) is 0 Å². The van der Waals surface area contributed by atoms with Crippen LogP contribution in [0.1, 0.15) is 25.8 Å². The third kappa shape index (κ3) is 3.12. The third-order valence-corrected chi connectivity index (χ3v) is 3.24. The van der Waals surface area contributed by atoms with Gasteiger partial charge in [0.05, 0.1) is 7.11 Å². The molecular formula is C12H16BrClO. The second-order valence-corrected chi connectivity index (χ2v) is 5.40. The number of halogens is 2. The van der Waals surface area contributed by atoms with Crippen molar-refractivity contribution in [3.05, 3.63) is 28.8 Å². The van der Waals surface area contributed by atoms with E-state index in [1.54, 1.807) is 7.11 Å². The van der Waals surface area contributed by atoms with Crippen LogP contribution in [0, 0.1) is 0 Å². The Morgan fingerprint density at radius 3 is 2.60 bits per heavy atom. The lowest BCUT2D eigenvalue weighted by molar-refractivity contribution is 0.390. The lowest BCUT2D eigenvalue weighted by atomic mass is 9.82. The first-order chi connectivity index (χ1) is 7.01. The Morgan fingerprint density at radius 2 is 2.07 bits per heavy atom. The highest BCUT2D eigenvalue weighted by Gasteiger charge is 2.23. The zero-order valence-electron chi connectivity index (χ0n) is 9.31. The number of methoxy groups -OCH3 is 1. The zero-order valence-corrected chi connectivity index (χ0v) is 11.7. The van der Waals surface area contributed by atoms with Crippen LogP contribution in [0.4, 0.5) is 0 Å². The smallest absolute Gasteiger partial charge is 0.122 e. The number of hydrogen-bond donors (Lipinski definition) is 0. The van der Waals surface area contributed by atoms with E-state index < -0.39 is 0 Å². The van der Waals surface area contributed by atoms with Gasteiger partial charge in [-0.1, -0.05) is 41.4 Å². The molecule has 0 radical (unpaired) electrons. The van der Waals surface area contributed by atoms with Gasteiger partial charge >= 0.3 is 0 Å². The minimum Gasteiger partial charge on any atom is -0.496 e. The molecule has 0 N–H and O–H groups in total. The van der Waals surface area contributed by atoms with Gasteiger partial charge in [-0.15, -0.1) is 0 Å². The van der Waals surface area contributed by atoms with Crippen LogP contribution < -0.4 is 4.74 Å². The van der Waals surface area contributed by atoms with Gasteiger partial charge in [-0.3, -0.25) is 0 Å². The summed E-state index contributed by atoms with van der Waals surface area (Å²) in [5, 5.41) is 1.73. The van der Waals surface area contributed by atoms with Crippen LogP contribution in [0.5, 0.6) is 5.75 Å². The fourth-order valence-electron chi connectivity index (χ4n) is 1.58.